The SMILES string of the molecule is COC(=O)[C@H](NC(=O)[C@@H](N)C(C)C)[C@@H](C)c1ccc(O)cc1. The number of amides is 1. The first kappa shape index (κ1) is 18.0. The lowest BCUT2D eigenvalue weighted by atomic mass is 9.92. The third kappa shape index (κ3) is 4.46. The van der Waals surface area contributed by atoms with E-state index in [9.17, 15) is 14.7 Å². The Hall–Kier alpha value is -2.08. The molecular formula is C16H24N2O4. The molecule has 0 spiro atoms. The molecule has 1 rings (SSSR count). The van der Waals surface area contributed by atoms with E-state index in [2.05, 4.69) is 5.32 Å². The summed E-state index contributed by atoms with van der Waals surface area (Å²) in [5.74, 6) is -1.16. The monoisotopic (exact) mass is 308 g/mol. The molecule has 0 bridgehead atoms. The molecule has 0 aliphatic carbocycles. The number of methoxy groups -OCH3 is 1. The molecule has 0 aliphatic heterocycles. The lowest BCUT2D eigenvalue weighted by Crippen LogP contribution is -2.52. The number of rotatable bonds is 6. The second kappa shape index (κ2) is 7.79. The van der Waals surface area contributed by atoms with Gasteiger partial charge in [-0.15, -0.1) is 0 Å². The lowest BCUT2D eigenvalue weighted by Gasteiger charge is -2.25. The summed E-state index contributed by atoms with van der Waals surface area (Å²) in [7, 11) is 1.27. The van der Waals surface area contributed by atoms with Crippen LogP contribution in [0, 0.1) is 5.92 Å². The van der Waals surface area contributed by atoms with Crippen molar-refractivity contribution < 1.29 is 19.4 Å². The summed E-state index contributed by atoms with van der Waals surface area (Å²) in [6, 6.07) is 4.92. The van der Waals surface area contributed by atoms with Gasteiger partial charge in [-0.3, -0.25) is 4.79 Å². The number of carbonyl (C=O) groups is 2. The number of esters is 1. The van der Waals surface area contributed by atoms with Crippen molar-refractivity contribution in [3.8, 4) is 5.75 Å². The fourth-order valence-electron chi connectivity index (χ4n) is 2.04. The van der Waals surface area contributed by atoms with Crippen LogP contribution in [0.5, 0.6) is 5.75 Å². The van der Waals surface area contributed by atoms with Crippen LogP contribution in [0.3, 0.4) is 0 Å². The number of phenols is 1. The third-order valence-corrected chi connectivity index (χ3v) is 3.69. The molecular weight excluding hydrogens is 284 g/mol. The van der Waals surface area contributed by atoms with Crippen molar-refractivity contribution in [3.05, 3.63) is 29.8 Å². The maximum Gasteiger partial charge on any atom is 0.328 e. The van der Waals surface area contributed by atoms with E-state index in [4.69, 9.17) is 10.5 Å². The predicted octanol–water partition coefficient (Wildman–Crippen LogP) is 1.14. The Balaban J connectivity index is 2.95. The van der Waals surface area contributed by atoms with Gasteiger partial charge in [-0.05, 0) is 23.6 Å². The normalized spacial score (nSPS) is 15.0. The average Bonchev–Trinajstić information content (AvgIpc) is 2.50. The highest BCUT2D eigenvalue weighted by Gasteiger charge is 2.31. The molecule has 3 atom stereocenters. The second-order valence-electron chi connectivity index (χ2n) is 5.66. The van der Waals surface area contributed by atoms with Crippen LogP contribution in [-0.4, -0.2) is 36.2 Å². The van der Waals surface area contributed by atoms with E-state index in [1.54, 1.807) is 19.1 Å². The van der Waals surface area contributed by atoms with Crippen LogP contribution < -0.4 is 11.1 Å². The number of ether oxygens (including phenoxy) is 1. The second-order valence-corrected chi connectivity index (χ2v) is 5.66. The highest BCUT2D eigenvalue weighted by Crippen LogP contribution is 2.22. The minimum absolute atomic E-state index is 0.0396. The van der Waals surface area contributed by atoms with Crippen LogP contribution in [0.25, 0.3) is 0 Å². The smallest absolute Gasteiger partial charge is 0.328 e. The molecule has 6 heteroatoms. The molecule has 0 aromatic heterocycles. The molecule has 0 radical (unpaired) electrons. The van der Waals surface area contributed by atoms with Gasteiger partial charge in [0.15, 0.2) is 0 Å². The van der Waals surface area contributed by atoms with Crippen molar-refractivity contribution in [3.63, 3.8) is 0 Å². The van der Waals surface area contributed by atoms with E-state index in [1.165, 1.54) is 19.2 Å². The summed E-state index contributed by atoms with van der Waals surface area (Å²) in [5.41, 5.74) is 6.61. The summed E-state index contributed by atoms with van der Waals surface area (Å²) in [6.07, 6.45) is 0. The number of nitrogens with one attached hydrogen (secondary N) is 1. The van der Waals surface area contributed by atoms with Crippen molar-refractivity contribution in [1.29, 1.82) is 0 Å². The van der Waals surface area contributed by atoms with Crippen LogP contribution >= 0.6 is 0 Å². The Bertz CT molecular complexity index is 513. The summed E-state index contributed by atoms with van der Waals surface area (Å²) in [4.78, 5) is 24.1. The van der Waals surface area contributed by atoms with E-state index in [0.29, 0.717) is 0 Å². The van der Waals surface area contributed by atoms with Crippen molar-refractivity contribution in [1.82, 2.24) is 5.32 Å². The van der Waals surface area contributed by atoms with E-state index < -0.39 is 24.0 Å². The average molecular weight is 308 g/mol. The minimum Gasteiger partial charge on any atom is -0.508 e. The molecule has 22 heavy (non-hydrogen) atoms. The maximum atomic E-state index is 12.1. The Kier molecular flexibility index (Phi) is 6.37. The van der Waals surface area contributed by atoms with E-state index in [0.717, 1.165) is 5.56 Å². The molecule has 1 aromatic carbocycles. The van der Waals surface area contributed by atoms with E-state index in [1.807, 2.05) is 13.8 Å². The number of aromatic hydroxyl groups is 1. The zero-order chi connectivity index (χ0) is 16.9. The molecule has 0 fully saturated rings. The van der Waals surface area contributed by atoms with Crippen LogP contribution in [-0.2, 0) is 14.3 Å². The Labute approximate surface area is 130 Å². The van der Waals surface area contributed by atoms with Gasteiger partial charge in [0.2, 0.25) is 5.91 Å². The molecule has 1 amide bonds. The maximum absolute atomic E-state index is 12.1. The van der Waals surface area contributed by atoms with Crippen molar-refractivity contribution in [2.45, 2.75) is 38.8 Å². The number of benzene rings is 1. The van der Waals surface area contributed by atoms with Crippen molar-refractivity contribution in [2.75, 3.05) is 7.11 Å². The van der Waals surface area contributed by atoms with Crippen molar-refractivity contribution in [2.24, 2.45) is 11.7 Å². The van der Waals surface area contributed by atoms with Crippen LogP contribution in [0.1, 0.15) is 32.3 Å². The molecule has 0 unspecified atom stereocenters. The number of hydrogen-bond donors (Lipinski definition) is 3. The zero-order valence-corrected chi connectivity index (χ0v) is 13.4. The standard InChI is InChI=1S/C16H24N2O4/c1-9(2)13(17)15(20)18-14(16(21)22-4)10(3)11-5-7-12(19)8-6-11/h5-10,13-14,19H,17H2,1-4H3,(H,18,20)/t10-,13-,14+/m0/s1. The van der Waals surface area contributed by atoms with Crippen molar-refractivity contribution >= 4 is 11.9 Å². The van der Waals surface area contributed by atoms with Gasteiger partial charge in [0.05, 0.1) is 13.2 Å². The number of nitrogens with two attached hydrogens (primary N) is 1. The Morgan fingerprint density at radius 3 is 2.18 bits per heavy atom. The first-order valence-corrected chi connectivity index (χ1v) is 7.20. The minimum atomic E-state index is -0.841. The lowest BCUT2D eigenvalue weighted by molar-refractivity contribution is -0.146. The van der Waals surface area contributed by atoms with Gasteiger partial charge in [-0.1, -0.05) is 32.9 Å². The number of carbonyl (C=O) groups excluding carboxylic acids is 2. The Morgan fingerprint density at radius 1 is 1.18 bits per heavy atom. The number of phenolic OH excluding ortho intramolecular Hbond substituents is 1. The van der Waals surface area contributed by atoms with Crippen LogP contribution in [0.4, 0.5) is 0 Å². The highest BCUT2D eigenvalue weighted by molar-refractivity contribution is 5.88. The largest absolute Gasteiger partial charge is 0.508 e. The summed E-state index contributed by atoms with van der Waals surface area (Å²) < 4.78 is 4.78. The van der Waals surface area contributed by atoms with Crippen LogP contribution in [0.2, 0.25) is 0 Å². The molecule has 0 aliphatic rings. The van der Waals surface area contributed by atoms with Gasteiger partial charge < -0.3 is 20.9 Å². The molecule has 4 N–H and O–H groups in total. The van der Waals surface area contributed by atoms with Gasteiger partial charge in [-0.2, -0.15) is 0 Å². The fourth-order valence-corrected chi connectivity index (χ4v) is 2.04. The summed E-state index contributed by atoms with van der Waals surface area (Å²) in [5, 5.41) is 12.0. The predicted molar refractivity (Wildman–Crippen MR) is 83.3 cm³/mol. The molecule has 122 valence electrons. The zero-order valence-electron chi connectivity index (χ0n) is 13.4. The summed E-state index contributed by atoms with van der Waals surface area (Å²) >= 11 is 0. The first-order valence-electron chi connectivity index (χ1n) is 7.20. The topological polar surface area (TPSA) is 102 Å². The van der Waals surface area contributed by atoms with E-state index >= 15 is 0 Å². The molecule has 1 aromatic rings. The molecule has 0 heterocycles. The van der Waals surface area contributed by atoms with Crippen LogP contribution in [0.15, 0.2) is 24.3 Å². The number of hydrogen-bond acceptors (Lipinski definition) is 5. The highest BCUT2D eigenvalue weighted by atomic mass is 16.5. The summed E-state index contributed by atoms with van der Waals surface area (Å²) in [6.45, 7) is 5.47. The van der Waals surface area contributed by atoms with Gasteiger partial charge in [-0.25, -0.2) is 4.79 Å². The van der Waals surface area contributed by atoms with Gasteiger partial charge in [0.1, 0.15) is 11.8 Å². The molecule has 0 saturated carbocycles. The van der Waals surface area contributed by atoms with Gasteiger partial charge in [0.25, 0.3) is 0 Å². The first-order chi connectivity index (χ1) is 10.3. The van der Waals surface area contributed by atoms with Gasteiger partial charge >= 0.3 is 5.97 Å². The fraction of sp³-hybridized carbons (Fsp3) is 0.500. The quantitative estimate of drug-likeness (QED) is 0.684. The molecule has 6 nitrogen and oxygen atoms in total. The Morgan fingerprint density at radius 2 is 1.73 bits per heavy atom. The van der Waals surface area contributed by atoms with Gasteiger partial charge in [0, 0.05) is 5.92 Å². The third-order valence-electron chi connectivity index (χ3n) is 3.69. The molecule has 0 saturated heterocycles. The van der Waals surface area contributed by atoms with E-state index in [-0.39, 0.29) is 17.6 Å².